The smallest absolute Gasteiger partial charge is 0.328 e. The molecular weight excluding hydrogens is 239 g/mol. The summed E-state index contributed by atoms with van der Waals surface area (Å²) in [6.45, 7) is 0. The summed E-state index contributed by atoms with van der Waals surface area (Å²) in [4.78, 5) is 10.1. The molecule has 0 saturated carbocycles. The van der Waals surface area contributed by atoms with Crippen molar-refractivity contribution in [2.75, 3.05) is 0 Å². The van der Waals surface area contributed by atoms with Crippen molar-refractivity contribution in [1.82, 2.24) is 0 Å². The van der Waals surface area contributed by atoms with E-state index in [2.05, 4.69) is 15.9 Å². The first-order chi connectivity index (χ1) is 6.09. The zero-order valence-corrected chi connectivity index (χ0v) is 8.08. The van der Waals surface area contributed by atoms with Crippen LogP contribution in [0.5, 0.6) is 0 Å². The molecule has 0 atom stereocenters. The Morgan fingerprint density at radius 2 is 2.23 bits per heavy atom. The molecule has 68 valence electrons. The standard InChI is InChI=1S/C9H6BrFO2/c10-7-2-3-8(11)6(5-7)1-4-9(12)13/h1-5H,(H,12,13)/b4-1-. The Balaban J connectivity index is 3.00. The molecule has 1 aromatic rings. The van der Waals surface area contributed by atoms with Gasteiger partial charge in [0.25, 0.3) is 0 Å². The van der Waals surface area contributed by atoms with Crippen LogP contribution >= 0.6 is 15.9 Å². The lowest BCUT2D eigenvalue weighted by Crippen LogP contribution is -1.87. The van der Waals surface area contributed by atoms with Crippen LogP contribution in [0.15, 0.2) is 28.7 Å². The van der Waals surface area contributed by atoms with Crippen LogP contribution in [0.1, 0.15) is 5.56 Å². The number of carboxylic acid groups (broad SMARTS) is 1. The molecule has 13 heavy (non-hydrogen) atoms. The molecule has 0 aliphatic rings. The van der Waals surface area contributed by atoms with E-state index in [1.165, 1.54) is 18.2 Å². The van der Waals surface area contributed by atoms with E-state index in [9.17, 15) is 9.18 Å². The first-order valence-electron chi connectivity index (χ1n) is 3.45. The number of rotatable bonds is 2. The fraction of sp³-hybridized carbons (Fsp3) is 0. The molecule has 0 aromatic heterocycles. The van der Waals surface area contributed by atoms with E-state index in [4.69, 9.17) is 5.11 Å². The number of aliphatic carboxylic acids is 1. The summed E-state index contributed by atoms with van der Waals surface area (Å²) in [6, 6.07) is 4.33. The van der Waals surface area contributed by atoms with E-state index < -0.39 is 11.8 Å². The maximum atomic E-state index is 13.0. The van der Waals surface area contributed by atoms with Gasteiger partial charge in [-0.3, -0.25) is 0 Å². The Labute approximate surface area is 82.8 Å². The minimum Gasteiger partial charge on any atom is -0.478 e. The van der Waals surface area contributed by atoms with E-state index in [-0.39, 0.29) is 5.56 Å². The van der Waals surface area contributed by atoms with Gasteiger partial charge in [-0.05, 0) is 24.3 Å². The third kappa shape index (κ3) is 2.99. The van der Waals surface area contributed by atoms with Gasteiger partial charge in [0.15, 0.2) is 0 Å². The molecule has 0 heterocycles. The van der Waals surface area contributed by atoms with Crippen LogP contribution in [-0.4, -0.2) is 11.1 Å². The van der Waals surface area contributed by atoms with E-state index in [1.807, 2.05) is 0 Å². The Morgan fingerprint density at radius 3 is 2.85 bits per heavy atom. The van der Waals surface area contributed by atoms with E-state index in [0.29, 0.717) is 4.47 Å². The van der Waals surface area contributed by atoms with Gasteiger partial charge >= 0.3 is 5.97 Å². The maximum Gasteiger partial charge on any atom is 0.328 e. The van der Waals surface area contributed by atoms with Crippen LogP contribution in [0.2, 0.25) is 0 Å². The lowest BCUT2D eigenvalue weighted by atomic mass is 10.2. The Morgan fingerprint density at radius 1 is 1.54 bits per heavy atom. The highest BCUT2D eigenvalue weighted by molar-refractivity contribution is 9.10. The molecule has 4 heteroatoms. The van der Waals surface area contributed by atoms with Gasteiger partial charge in [0.1, 0.15) is 5.82 Å². The number of halogens is 2. The van der Waals surface area contributed by atoms with Crippen molar-refractivity contribution in [3.63, 3.8) is 0 Å². The van der Waals surface area contributed by atoms with Crippen molar-refractivity contribution in [2.24, 2.45) is 0 Å². The van der Waals surface area contributed by atoms with Crippen molar-refractivity contribution >= 4 is 28.0 Å². The third-order valence-corrected chi connectivity index (χ3v) is 1.86. The van der Waals surface area contributed by atoms with Gasteiger partial charge in [-0.25, -0.2) is 9.18 Å². The average molecular weight is 245 g/mol. The molecule has 0 spiro atoms. The molecule has 0 aliphatic carbocycles. The largest absolute Gasteiger partial charge is 0.478 e. The Kier molecular flexibility index (Phi) is 3.19. The number of carbonyl (C=O) groups is 1. The second kappa shape index (κ2) is 4.18. The normalized spacial score (nSPS) is 10.6. The monoisotopic (exact) mass is 244 g/mol. The molecule has 1 N–H and O–H groups in total. The number of hydrogen-bond acceptors (Lipinski definition) is 1. The minimum absolute atomic E-state index is 0.247. The molecule has 0 amide bonds. The highest BCUT2D eigenvalue weighted by Gasteiger charge is 1.99. The number of hydrogen-bond donors (Lipinski definition) is 1. The van der Waals surface area contributed by atoms with Gasteiger partial charge in [-0.15, -0.1) is 0 Å². The summed E-state index contributed by atoms with van der Waals surface area (Å²) in [6.07, 6.45) is 2.10. The van der Waals surface area contributed by atoms with E-state index >= 15 is 0 Å². The molecule has 0 radical (unpaired) electrons. The fourth-order valence-corrected chi connectivity index (χ4v) is 1.18. The highest BCUT2D eigenvalue weighted by Crippen LogP contribution is 2.16. The summed E-state index contributed by atoms with van der Waals surface area (Å²) < 4.78 is 13.7. The topological polar surface area (TPSA) is 37.3 Å². The molecule has 0 unspecified atom stereocenters. The lowest BCUT2D eigenvalue weighted by molar-refractivity contribution is -0.131. The Bertz CT molecular complexity index is 361. The van der Waals surface area contributed by atoms with Crippen LogP contribution in [0.4, 0.5) is 4.39 Å². The van der Waals surface area contributed by atoms with E-state index in [0.717, 1.165) is 6.08 Å². The second-order valence-corrected chi connectivity index (χ2v) is 3.25. The maximum absolute atomic E-state index is 13.0. The van der Waals surface area contributed by atoms with Crippen LogP contribution in [0.25, 0.3) is 6.08 Å². The molecular formula is C9H6BrFO2. The van der Waals surface area contributed by atoms with Gasteiger partial charge in [0.05, 0.1) is 0 Å². The number of carboxylic acids is 1. The van der Waals surface area contributed by atoms with Crippen molar-refractivity contribution in [3.05, 3.63) is 40.1 Å². The summed E-state index contributed by atoms with van der Waals surface area (Å²) in [5.41, 5.74) is 0.247. The molecule has 0 bridgehead atoms. The summed E-state index contributed by atoms with van der Waals surface area (Å²) in [7, 11) is 0. The third-order valence-electron chi connectivity index (χ3n) is 1.36. The van der Waals surface area contributed by atoms with Crippen LogP contribution < -0.4 is 0 Å². The summed E-state index contributed by atoms with van der Waals surface area (Å²) in [5, 5.41) is 8.31. The zero-order chi connectivity index (χ0) is 9.84. The number of benzene rings is 1. The zero-order valence-electron chi connectivity index (χ0n) is 6.50. The minimum atomic E-state index is -1.10. The van der Waals surface area contributed by atoms with Gasteiger partial charge in [0.2, 0.25) is 0 Å². The average Bonchev–Trinajstić information content (AvgIpc) is 2.06. The van der Waals surface area contributed by atoms with Crippen LogP contribution in [0.3, 0.4) is 0 Å². The SMILES string of the molecule is O=C(O)/C=C\c1cc(Br)ccc1F. The van der Waals surface area contributed by atoms with Crippen molar-refractivity contribution in [3.8, 4) is 0 Å². The quantitative estimate of drug-likeness (QED) is 0.813. The van der Waals surface area contributed by atoms with Crippen LogP contribution in [-0.2, 0) is 4.79 Å². The molecule has 0 aliphatic heterocycles. The molecule has 0 saturated heterocycles. The van der Waals surface area contributed by atoms with Gasteiger partial charge in [0, 0.05) is 16.1 Å². The fourth-order valence-electron chi connectivity index (χ4n) is 0.803. The van der Waals surface area contributed by atoms with Gasteiger partial charge in [-0.1, -0.05) is 15.9 Å². The highest BCUT2D eigenvalue weighted by atomic mass is 79.9. The summed E-state index contributed by atoms with van der Waals surface area (Å²) in [5.74, 6) is -1.54. The molecule has 0 fully saturated rings. The van der Waals surface area contributed by atoms with E-state index in [1.54, 1.807) is 6.07 Å². The first-order valence-corrected chi connectivity index (χ1v) is 4.25. The summed E-state index contributed by atoms with van der Waals surface area (Å²) >= 11 is 3.16. The Hall–Kier alpha value is -1.16. The molecule has 2 nitrogen and oxygen atoms in total. The molecule has 1 aromatic carbocycles. The van der Waals surface area contributed by atoms with Gasteiger partial charge in [-0.2, -0.15) is 0 Å². The van der Waals surface area contributed by atoms with Crippen LogP contribution in [0, 0.1) is 5.82 Å². The van der Waals surface area contributed by atoms with Crippen molar-refractivity contribution < 1.29 is 14.3 Å². The van der Waals surface area contributed by atoms with Gasteiger partial charge < -0.3 is 5.11 Å². The second-order valence-electron chi connectivity index (χ2n) is 2.34. The van der Waals surface area contributed by atoms with Crippen molar-refractivity contribution in [1.29, 1.82) is 0 Å². The predicted octanol–water partition coefficient (Wildman–Crippen LogP) is 2.69. The lowest BCUT2D eigenvalue weighted by Gasteiger charge is -1.96. The first kappa shape index (κ1) is 9.92. The predicted molar refractivity (Wildman–Crippen MR) is 50.8 cm³/mol. The van der Waals surface area contributed by atoms with Crippen molar-refractivity contribution in [2.45, 2.75) is 0 Å². The molecule has 1 rings (SSSR count).